The predicted molar refractivity (Wildman–Crippen MR) is 102 cm³/mol. The molecule has 3 rings (SSSR count). The van der Waals surface area contributed by atoms with E-state index in [4.69, 9.17) is 0 Å². The summed E-state index contributed by atoms with van der Waals surface area (Å²) in [5, 5.41) is 3.21. The number of carbonyl (C=O) groups is 1. The number of rotatable bonds is 6. The number of pyridine rings is 1. The van der Waals surface area contributed by atoms with Gasteiger partial charge in [0.05, 0.1) is 12.2 Å². The Morgan fingerprint density at radius 2 is 1.85 bits per heavy atom. The standard InChI is InChI=1S/C20H21N5O/c1-3-25(17-10-5-4-6-11-17)20(26)18-13-19(24-15(2)23-18)22-14-16-9-7-8-12-21-16/h4-13H,3,14H2,1-2H3,(H,22,23,24). The molecule has 1 amide bonds. The largest absolute Gasteiger partial charge is 0.364 e. The van der Waals surface area contributed by atoms with Gasteiger partial charge in [-0.3, -0.25) is 9.78 Å². The second kappa shape index (κ2) is 8.20. The van der Waals surface area contributed by atoms with Crippen molar-refractivity contribution in [2.45, 2.75) is 20.4 Å². The van der Waals surface area contributed by atoms with E-state index < -0.39 is 0 Å². The van der Waals surface area contributed by atoms with Crippen LogP contribution in [0.2, 0.25) is 0 Å². The normalized spacial score (nSPS) is 10.4. The zero-order valence-corrected chi connectivity index (χ0v) is 14.9. The van der Waals surface area contributed by atoms with Crippen LogP contribution in [-0.4, -0.2) is 27.4 Å². The van der Waals surface area contributed by atoms with Gasteiger partial charge in [-0.2, -0.15) is 0 Å². The van der Waals surface area contributed by atoms with Crippen molar-refractivity contribution in [3.8, 4) is 0 Å². The molecule has 26 heavy (non-hydrogen) atoms. The number of aromatic nitrogens is 3. The van der Waals surface area contributed by atoms with Crippen LogP contribution in [0.1, 0.15) is 28.9 Å². The summed E-state index contributed by atoms with van der Waals surface area (Å²) in [6, 6.07) is 17.0. The van der Waals surface area contributed by atoms with Crippen molar-refractivity contribution in [3.05, 3.63) is 78.0 Å². The van der Waals surface area contributed by atoms with Gasteiger partial charge in [-0.1, -0.05) is 24.3 Å². The number of hydrogen-bond acceptors (Lipinski definition) is 5. The summed E-state index contributed by atoms with van der Waals surface area (Å²) < 4.78 is 0. The molecule has 0 saturated carbocycles. The van der Waals surface area contributed by atoms with E-state index in [2.05, 4.69) is 20.3 Å². The first-order valence-corrected chi connectivity index (χ1v) is 8.53. The molecule has 0 aliphatic rings. The monoisotopic (exact) mass is 347 g/mol. The average Bonchev–Trinajstić information content (AvgIpc) is 2.68. The topological polar surface area (TPSA) is 71.0 Å². The van der Waals surface area contributed by atoms with Crippen LogP contribution in [0.5, 0.6) is 0 Å². The third-order valence-electron chi connectivity index (χ3n) is 3.86. The first-order valence-electron chi connectivity index (χ1n) is 8.53. The Hall–Kier alpha value is -3.28. The number of benzene rings is 1. The molecule has 0 spiro atoms. The van der Waals surface area contributed by atoms with Crippen molar-refractivity contribution >= 4 is 17.4 Å². The van der Waals surface area contributed by atoms with E-state index in [1.165, 1.54) is 0 Å². The van der Waals surface area contributed by atoms with Gasteiger partial charge >= 0.3 is 0 Å². The van der Waals surface area contributed by atoms with E-state index in [0.29, 0.717) is 30.4 Å². The van der Waals surface area contributed by atoms with Crippen molar-refractivity contribution in [2.75, 3.05) is 16.8 Å². The maximum absolute atomic E-state index is 13.0. The van der Waals surface area contributed by atoms with Crippen molar-refractivity contribution in [2.24, 2.45) is 0 Å². The summed E-state index contributed by atoms with van der Waals surface area (Å²) in [5.41, 5.74) is 2.11. The third-order valence-corrected chi connectivity index (χ3v) is 3.86. The van der Waals surface area contributed by atoms with Crippen molar-refractivity contribution in [1.82, 2.24) is 15.0 Å². The zero-order valence-electron chi connectivity index (χ0n) is 14.9. The molecule has 0 radical (unpaired) electrons. The molecule has 0 aliphatic carbocycles. The highest BCUT2D eigenvalue weighted by Gasteiger charge is 2.18. The molecule has 0 saturated heterocycles. The minimum Gasteiger partial charge on any atom is -0.364 e. The molecular formula is C20H21N5O. The third kappa shape index (κ3) is 4.22. The second-order valence-corrected chi connectivity index (χ2v) is 5.75. The average molecular weight is 347 g/mol. The van der Waals surface area contributed by atoms with E-state index >= 15 is 0 Å². The fourth-order valence-corrected chi connectivity index (χ4v) is 2.64. The summed E-state index contributed by atoms with van der Waals surface area (Å²) >= 11 is 0. The number of amides is 1. The predicted octanol–water partition coefficient (Wildman–Crippen LogP) is 3.46. The molecular weight excluding hydrogens is 326 g/mol. The lowest BCUT2D eigenvalue weighted by molar-refractivity contribution is 0.0983. The van der Waals surface area contributed by atoms with E-state index in [0.717, 1.165) is 11.4 Å². The fraction of sp³-hybridized carbons (Fsp3) is 0.200. The Bertz CT molecular complexity index is 868. The summed E-state index contributed by atoms with van der Waals surface area (Å²) in [5.74, 6) is 1.00. The van der Waals surface area contributed by atoms with Crippen LogP contribution in [0.3, 0.4) is 0 Å². The van der Waals surface area contributed by atoms with Gasteiger partial charge in [0.15, 0.2) is 0 Å². The number of para-hydroxylation sites is 1. The van der Waals surface area contributed by atoms with Crippen LogP contribution in [0.15, 0.2) is 60.8 Å². The SMILES string of the molecule is CCN(C(=O)c1cc(NCc2ccccn2)nc(C)n1)c1ccccc1. The van der Waals surface area contributed by atoms with Gasteiger partial charge in [0.2, 0.25) is 0 Å². The minimum atomic E-state index is -0.148. The minimum absolute atomic E-state index is 0.148. The maximum atomic E-state index is 13.0. The van der Waals surface area contributed by atoms with E-state index in [1.54, 1.807) is 24.1 Å². The Morgan fingerprint density at radius 1 is 1.08 bits per heavy atom. The van der Waals surface area contributed by atoms with Gasteiger partial charge in [-0.05, 0) is 38.1 Å². The van der Waals surface area contributed by atoms with Gasteiger partial charge in [0, 0.05) is 24.5 Å². The highest BCUT2D eigenvalue weighted by Crippen LogP contribution is 2.17. The molecule has 0 aliphatic heterocycles. The lowest BCUT2D eigenvalue weighted by Crippen LogP contribution is -2.31. The number of hydrogen-bond donors (Lipinski definition) is 1. The van der Waals surface area contributed by atoms with E-state index in [9.17, 15) is 4.79 Å². The summed E-state index contributed by atoms with van der Waals surface area (Å²) in [7, 11) is 0. The number of aryl methyl sites for hydroxylation is 1. The van der Waals surface area contributed by atoms with Crippen LogP contribution in [0.4, 0.5) is 11.5 Å². The number of anilines is 2. The lowest BCUT2D eigenvalue weighted by Gasteiger charge is -2.21. The van der Waals surface area contributed by atoms with E-state index in [1.807, 2.05) is 55.5 Å². The highest BCUT2D eigenvalue weighted by atomic mass is 16.2. The Morgan fingerprint density at radius 3 is 2.54 bits per heavy atom. The van der Waals surface area contributed by atoms with Crippen LogP contribution in [0.25, 0.3) is 0 Å². The molecule has 3 aromatic rings. The molecule has 6 heteroatoms. The molecule has 0 bridgehead atoms. The molecule has 0 unspecified atom stereocenters. The Labute approximate surface area is 153 Å². The van der Waals surface area contributed by atoms with Crippen LogP contribution >= 0.6 is 0 Å². The van der Waals surface area contributed by atoms with Gasteiger partial charge in [0.1, 0.15) is 17.3 Å². The van der Waals surface area contributed by atoms with E-state index in [-0.39, 0.29) is 5.91 Å². The first kappa shape index (κ1) is 17.5. The molecule has 2 heterocycles. The summed E-state index contributed by atoms with van der Waals surface area (Å²) in [6.07, 6.45) is 1.75. The van der Waals surface area contributed by atoms with Gasteiger partial charge in [-0.25, -0.2) is 9.97 Å². The lowest BCUT2D eigenvalue weighted by atomic mass is 10.2. The highest BCUT2D eigenvalue weighted by molar-refractivity contribution is 6.05. The molecule has 1 aromatic carbocycles. The quantitative estimate of drug-likeness (QED) is 0.739. The molecule has 2 aromatic heterocycles. The first-order chi connectivity index (χ1) is 12.7. The van der Waals surface area contributed by atoms with Crippen molar-refractivity contribution < 1.29 is 4.79 Å². The smallest absolute Gasteiger partial charge is 0.277 e. The molecule has 132 valence electrons. The molecule has 6 nitrogen and oxygen atoms in total. The van der Waals surface area contributed by atoms with Gasteiger partial charge in [0.25, 0.3) is 5.91 Å². The fourth-order valence-electron chi connectivity index (χ4n) is 2.64. The summed E-state index contributed by atoms with van der Waals surface area (Å²) in [6.45, 7) is 4.81. The van der Waals surface area contributed by atoms with Crippen LogP contribution < -0.4 is 10.2 Å². The summed E-state index contributed by atoms with van der Waals surface area (Å²) in [4.78, 5) is 27.6. The van der Waals surface area contributed by atoms with Crippen molar-refractivity contribution in [1.29, 1.82) is 0 Å². The number of carbonyl (C=O) groups excluding carboxylic acids is 1. The van der Waals surface area contributed by atoms with Gasteiger partial charge in [-0.15, -0.1) is 0 Å². The Balaban J connectivity index is 1.81. The Kier molecular flexibility index (Phi) is 5.53. The molecule has 1 N–H and O–H groups in total. The van der Waals surface area contributed by atoms with Crippen molar-refractivity contribution in [3.63, 3.8) is 0 Å². The number of nitrogens with one attached hydrogen (secondary N) is 1. The van der Waals surface area contributed by atoms with Crippen LogP contribution in [0, 0.1) is 6.92 Å². The molecule has 0 atom stereocenters. The second-order valence-electron chi connectivity index (χ2n) is 5.75. The van der Waals surface area contributed by atoms with Crippen LogP contribution in [-0.2, 0) is 6.54 Å². The van der Waals surface area contributed by atoms with Gasteiger partial charge < -0.3 is 10.2 Å². The molecule has 0 fully saturated rings. The zero-order chi connectivity index (χ0) is 18.4. The maximum Gasteiger partial charge on any atom is 0.277 e. The number of nitrogens with zero attached hydrogens (tertiary/aromatic N) is 4.